The Balaban J connectivity index is 1.60. The zero-order valence-electron chi connectivity index (χ0n) is 16.9. The Labute approximate surface area is 182 Å². The summed E-state index contributed by atoms with van der Waals surface area (Å²) in [4.78, 5) is 32.5. The van der Waals surface area contributed by atoms with Gasteiger partial charge in [-0.25, -0.2) is 5.43 Å². The topological polar surface area (TPSA) is 137 Å². The minimum absolute atomic E-state index is 0.120. The fourth-order valence-electron chi connectivity index (χ4n) is 2.71. The molecular formula is C22H18N4O6. The second kappa shape index (κ2) is 9.94. The number of amides is 1. The molecule has 1 N–H and O–H groups in total. The van der Waals surface area contributed by atoms with Crippen LogP contribution in [0.2, 0.25) is 0 Å². The quantitative estimate of drug-likeness (QED) is 0.319. The molecule has 0 unspecified atom stereocenters. The number of non-ortho nitro benzene ring substituents is 1. The standard InChI is InChI=1S/C22H18N4O6/c1-15-2-4-16(5-3-15)12-22(27)24-23-14-17-6-9-19(10-7-17)32-21-11-8-18(25(28)29)13-20(21)26(30)31/h2-11,13-14H,12H2,1H3,(H,24,27)/b23-14+. The molecule has 0 aliphatic carbocycles. The molecule has 3 aromatic carbocycles. The number of hydrogen-bond acceptors (Lipinski definition) is 7. The van der Waals surface area contributed by atoms with Crippen molar-refractivity contribution in [2.24, 2.45) is 5.10 Å². The highest BCUT2D eigenvalue weighted by Gasteiger charge is 2.21. The van der Waals surface area contributed by atoms with Gasteiger partial charge in [-0.2, -0.15) is 5.10 Å². The predicted octanol–water partition coefficient (Wildman–Crippen LogP) is 4.30. The summed E-state index contributed by atoms with van der Waals surface area (Å²) >= 11 is 0. The Hall–Kier alpha value is -4.60. The molecule has 10 nitrogen and oxygen atoms in total. The lowest BCUT2D eigenvalue weighted by molar-refractivity contribution is -0.394. The number of nitrogens with one attached hydrogen (secondary N) is 1. The number of nitrogens with zero attached hydrogens (tertiary/aromatic N) is 3. The van der Waals surface area contributed by atoms with Gasteiger partial charge in [-0.05, 0) is 48.4 Å². The van der Waals surface area contributed by atoms with Crippen LogP contribution in [0.5, 0.6) is 11.5 Å². The summed E-state index contributed by atoms with van der Waals surface area (Å²) < 4.78 is 5.50. The maximum absolute atomic E-state index is 12.0. The number of hydrazone groups is 1. The first kappa shape index (κ1) is 22.1. The Kier molecular flexibility index (Phi) is 6.86. The molecule has 162 valence electrons. The second-order valence-electron chi connectivity index (χ2n) is 6.79. The van der Waals surface area contributed by atoms with Crippen molar-refractivity contribution in [3.8, 4) is 11.5 Å². The van der Waals surface area contributed by atoms with Gasteiger partial charge in [0, 0.05) is 6.07 Å². The zero-order valence-corrected chi connectivity index (χ0v) is 16.9. The van der Waals surface area contributed by atoms with Crippen LogP contribution in [0.15, 0.2) is 71.8 Å². The third kappa shape index (κ3) is 5.95. The Morgan fingerprint density at radius 1 is 1.00 bits per heavy atom. The van der Waals surface area contributed by atoms with Crippen molar-refractivity contribution in [2.75, 3.05) is 0 Å². The Bertz CT molecular complexity index is 1170. The highest BCUT2D eigenvalue weighted by atomic mass is 16.6. The molecule has 0 fully saturated rings. The summed E-state index contributed by atoms with van der Waals surface area (Å²) in [5.41, 5.74) is 4.19. The van der Waals surface area contributed by atoms with Gasteiger partial charge in [-0.3, -0.25) is 25.0 Å². The molecule has 0 saturated carbocycles. The summed E-state index contributed by atoms with van der Waals surface area (Å²) in [5, 5.41) is 25.9. The van der Waals surface area contributed by atoms with Gasteiger partial charge in [0.2, 0.25) is 11.7 Å². The molecule has 0 bridgehead atoms. The molecule has 3 aromatic rings. The highest BCUT2D eigenvalue weighted by molar-refractivity contribution is 5.83. The van der Waals surface area contributed by atoms with Gasteiger partial charge in [0.15, 0.2) is 0 Å². The molecule has 0 aliphatic rings. The third-order valence-electron chi connectivity index (χ3n) is 4.35. The van der Waals surface area contributed by atoms with Crippen LogP contribution in [0.1, 0.15) is 16.7 Å². The van der Waals surface area contributed by atoms with Crippen molar-refractivity contribution in [1.82, 2.24) is 5.43 Å². The van der Waals surface area contributed by atoms with Crippen molar-refractivity contribution in [3.05, 3.63) is 104 Å². The van der Waals surface area contributed by atoms with Crippen LogP contribution >= 0.6 is 0 Å². The SMILES string of the molecule is Cc1ccc(CC(=O)N/N=C/c2ccc(Oc3ccc([N+](=O)[O-])cc3[N+](=O)[O-])cc2)cc1. The number of aryl methyl sites for hydroxylation is 1. The first-order valence-electron chi connectivity index (χ1n) is 9.40. The molecule has 0 saturated heterocycles. The summed E-state index contributed by atoms with van der Waals surface area (Å²) in [6.45, 7) is 1.97. The van der Waals surface area contributed by atoms with Gasteiger partial charge in [0.25, 0.3) is 5.69 Å². The van der Waals surface area contributed by atoms with Gasteiger partial charge in [-0.1, -0.05) is 29.8 Å². The average molecular weight is 434 g/mol. The molecule has 0 atom stereocenters. The molecule has 1 amide bonds. The lowest BCUT2D eigenvalue weighted by Crippen LogP contribution is -2.19. The monoisotopic (exact) mass is 434 g/mol. The predicted molar refractivity (Wildman–Crippen MR) is 117 cm³/mol. The molecule has 3 rings (SSSR count). The smallest absolute Gasteiger partial charge is 0.318 e. The van der Waals surface area contributed by atoms with Gasteiger partial charge >= 0.3 is 5.69 Å². The summed E-state index contributed by atoms with van der Waals surface area (Å²) in [7, 11) is 0. The van der Waals surface area contributed by atoms with Crippen LogP contribution in [-0.2, 0) is 11.2 Å². The van der Waals surface area contributed by atoms with Crippen molar-refractivity contribution >= 4 is 23.5 Å². The van der Waals surface area contributed by atoms with E-state index in [9.17, 15) is 25.0 Å². The van der Waals surface area contributed by atoms with E-state index in [0.717, 1.165) is 23.3 Å². The van der Waals surface area contributed by atoms with Crippen LogP contribution in [-0.4, -0.2) is 22.0 Å². The van der Waals surface area contributed by atoms with E-state index < -0.39 is 21.2 Å². The van der Waals surface area contributed by atoms with E-state index in [1.807, 2.05) is 31.2 Å². The Morgan fingerprint density at radius 2 is 1.69 bits per heavy atom. The number of carbonyl (C=O) groups excluding carboxylic acids is 1. The van der Waals surface area contributed by atoms with E-state index >= 15 is 0 Å². The normalized spacial score (nSPS) is 10.7. The summed E-state index contributed by atoms with van der Waals surface area (Å²) in [6.07, 6.45) is 1.66. The number of nitro benzene ring substituents is 2. The maximum Gasteiger partial charge on any atom is 0.318 e. The van der Waals surface area contributed by atoms with Gasteiger partial charge < -0.3 is 4.74 Å². The van der Waals surface area contributed by atoms with Crippen LogP contribution < -0.4 is 10.2 Å². The second-order valence-corrected chi connectivity index (χ2v) is 6.79. The highest BCUT2D eigenvalue weighted by Crippen LogP contribution is 2.34. The molecule has 32 heavy (non-hydrogen) atoms. The van der Waals surface area contributed by atoms with E-state index in [2.05, 4.69) is 10.5 Å². The van der Waals surface area contributed by atoms with Gasteiger partial charge in [0.1, 0.15) is 5.75 Å². The number of nitro groups is 2. The van der Waals surface area contributed by atoms with Crippen molar-refractivity contribution in [2.45, 2.75) is 13.3 Å². The maximum atomic E-state index is 12.0. The number of ether oxygens (including phenoxy) is 1. The number of hydrogen-bond donors (Lipinski definition) is 1. The number of rotatable bonds is 8. The van der Waals surface area contributed by atoms with Crippen LogP contribution in [0.3, 0.4) is 0 Å². The minimum atomic E-state index is -0.747. The number of benzene rings is 3. The van der Waals surface area contributed by atoms with Gasteiger partial charge in [-0.15, -0.1) is 0 Å². The van der Waals surface area contributed by atoms with Crippen LogP contribution in [0, 0.1) is 27.2 Å². The summed E-state index contributed by atoms with van der Waals surface area (Å²) in [5.74, 6) is -0.0802. The lowest BCUT2D eigenvalue weighted by Gasteiger charge is -2.06. The van der Waals surface area contributed by atoms with Crippen LogP contribution in [0.25, 0.3) is 0 Å². The Morgan fingerprint density at radius 3 is 2.31 bits per heavy atom. The minimum Gasteiger partial charge on any atom is -0.450 e. The fraction of sp³-hybridized carbons (Fsp3) is 0.0909. The third-order valence-corrected chi connectivity index (χ3v) is 4.35. The van der Waals surface area contributed by atoms with E-state index in [1.54, 1.807) is 24.3 Å². The molecule has 0 radical (unpaired) electrons. The molecule has 0 aromatic heterocycles. The molecule has 0 aliphatic heterocycles. The molecule has 0 heterocycles. The van der Waals surface area contributed by atoms with Crippen LogP contribution in [0.4, 0.5) is 11.4 Å². The average Bonchev–Trinajstić information content (AvgIpc) is 2.76. The van der Waals surface area contributed by atoms with E-state index in [0.29, 0.717) is 11.3 Å². The molecular weight excluding hydrogens is 416 g/mol. The summed E-state index contributed by atoms with van der Waals surface area (Å²) in [6, 6.07) is 17.2. The zero-order chi connectivity index (χ0) is 23.1. The first-order valence-corrected chi connectivity index (χ1v) is 9.40. The molecule has 10 heteroatoms. The molecule has 0 spiro atoms. The number of carbonyl (C=O) groups is 1. The van der Waals surface area contributed by atoms with E-state index in [-0.39, 0.29) is 18.1 Å². The van der Waals surface area contributed by atoms with Gasteiger partial charge in [0.05, 0.1) is 28.5 Å². The fourth-order valence-corrected chi connectivity index (χ4v) is 2.71. The van der Waals surface area contributed by atoms with Crippen molar-refractivity contribution in [1.29, 1.82) is 0 Å². The van der Waals surface area contributed by atoms with Crippen molar-refractivity contribution < 1.29 is 19.4 Å². The van der Waals surface area contributed by atoms with E-state index in [4.69, 9.17) is 4.74 Å². The lowest BCUT2D eigenvalue weighted by atomic mass is 10.1. The first-order chi connectivity index (χ1) is 15.3. The largest absolute Gasteiger partial charge is 0.450 e. The van der Waals surface area contributed by atoms with Crippen molar-refractivity contribution in [3.63, 3.8) is 0 Å². The van der Waals surface area contributed by atoms with E-state index in [1.165, 1.54) is 12.3 Å².